The number of aliphatic hydroxyl groups is 1. The predicted octanol–water partition coefficient (Wildman–Crippen LogP) is 3.16. The first kappa shape index (κ1) is 20.4. The lowest BCUT2D eigenvalue weighted by molar-refractivity contribution is -0.140. The molecule has 1 N–H and O–H groups in total. The van der Waals surface area contributed by atoms with E-state index < -0.39 is 17.7 Å². The number of aliphatic hydroxyl groups excluding tert-OH is 1. The number of carbonyl (C=O) groups excluding carboxylic acids is 2. The molecule has 2 aliphatic heterocycles. The minimum Gasteiger partial charge on any atom is -0.507 e. The molecule has 1 atom stereocenters. The molecule has 0 aliphatic carbocycles. The molecule has 1 amide bonds. The first-order chi connectivity index (χ1) is 14.4. The number of nitrogens with zero attached hydrogens (tertiary/aromatic N) is 2. The Morgan fingerprint density at radius 2 is 1.93 bits per heavy atom. The van der Waals surface area contributed by atoms with E-state index in [4.69, 9.17) is 9.47 Å². The Labute approximate surface area is 182 Å². The standard InChI is InChI=1S/C22H21BrN2O5/c1-24(2)8-9-25-19(13-4-3-5-15(23)10-13)18(21(27)22(25)28)20(26)14-6-7-16-17(11-14)30-12-29-16/h3-7,10-11,19,26H,8-9,12H2,1-2H3/b20-18-. The van der Waals surface area contributed by atoms with E-state index in [1.165, 1.54) is 4.90 Å². The van der Waals surface area contributed by atoms with E-state index in [9.17, 15) is 14.7 Å². The number of likely N-dealkylation sites (N-methyl/N-ethyl adjacent to an activating group) is 1. The molecule has 7 nitrogen and oxygen atoms in total. The van der Waals surface area contributed by atoms with E-state index in [1.54, 1.807) is 18.2 Å². The van der Waals surface area contributed by atoms with Crippen LogP contribution in [0, 0.1) is 0 Å². The number of benzene rings is 2. The second-order valence-electron chi connectivity index (χ2n) is 7.42. The minimum absolute atomic E-state index is 0.0655. The number of hydrogen-bond donors (Lipinski definition) is 1. The van der Waals surface area contributed by atoms with Crippen molar-refractivity contribution < 1.29 is 24.2 Å². The van der Waals surface area contributed by atoms with Gasteiger partial charge in [-0.3, -0.25) is 9.59 Å². The van der Waals surface area contributed by atoms with Crippen molar-refractivity contribution >= 4 is 33.4 Å². The van der Waals surface area contributed by atoms with Gasteiger partial charge in [0.25, 0.3) is 11.7 Å². The molecular formula is C22H21BrN2O5. The van der Waals surface area contributed by atoms with Crippen molar-refractivity contribution in [3.63, 3.8) is 0 Å². The van der Waals surface area contributed by atoms with Crippen molar-refractivity contribution in [2.75, 3.05) is 34.0 Å². The Morgan fingerprint density at radius 1 is 1.17 bits per heavy atom. The van der Waals surface area contributed by atoms with E-state index in [0.717, 1.165) is 10.0 Å². The lowest BCUT2D eigenvalue weighted by atomic mass is 9.95. The summed E-state index contributed by atoms with van der Waals surface area (Å²) in [6.45, 7) is 1.04. The number of ketones is 1. The molecule has 0 spiro atoms. The summed E-state index contributed by atoms with van der Waals surface area (Å²) in [5, 5.41) is 11.1. The van der Waals surface area contributed by atoms with Crippen molar-refractivity contribution in [3.05, 3.63) is 63.6 Å². The third-order valence-electron chi connectivity index (χ3n) is 5.14. The van der Waals surface area contributed by atoms with E-state index in [2.05, 4.69) is 15.9 Å². The molecular weight excluding hydrogens is 452 g/mol. The van der Waals surface area contributed by atoms with Gasteiger partial charge in [0.05, 0.1) is 11.6 Å². The van der Waals surface area contributed by atoms with Crippen LogP contribution < -0.4 is 9.47 Å². The summed E-state index contributed by atoms with van der Waals surface area (Å²) in [5.41, 5.74) is 1.20. The minimum atomic E-state index is -0.700. The molecule has 156 valence electrons. The normalized spacial score (nSPS) is 19.7. The number of ether oxygens (including phenoxy) is 2. The fourth-order valence-electron chi connectivity index (χ4n) is 3.64. The van der Waals surface area contributed by atoms with E-state index in [-0.39, 0.29) is 18.1 Å². The summed E-state index contributed by atoms with van der Waals surface area (Å²) in [5.74, 6) is -0.497. The van der Waals surface area contributed by atoms with Gasteiger partial charge in [-0.15, -0.1) is 0 Å². The molecule has 0 saturated carbocycles. The maximum absolute atomic E-state index is 13.0. The van der Waals surface area contributed by atoms with Gasteiger partial charge in [0.15, 0.2) is 11.5 Å². The molecule has 2 aromatic rings. The molecule has 2 heterocycles. The van der Waals surface area contributed by atoms with E-state index >= 15 is 0 Å². The summed E-state index contributed by atoms with van der Waals surface area (Å²) in [6, 6.07) is 11.7. The van der Waals surface area contributed by atoms with Crippen LogP contribution in [0.3, 0.4) is 0 Å². The van der Waals surface area contributed by atoms with E-state index in [0.29, 0.717) is 30.2 Å². The van der Waals surface area contributed by atoms with Crippen LogP contribution in [0.5, 0.6) is 11.5 Å². The van der Waals surface area contributed by atoms with Crippen LogP contribution in [0.2, 0.25) is 0 Å². The third-order valence-corrected chi connectivity index (χ3v) is 5.63. The average molecular weight is 473 g/mol. The zero-order valence-electron chi connectivity index (χ0n) is 16.6. The Morgan fingerprint density at radius 3 is 2.67 bits per heavy atom. The number of likely N-dealkylation sites (tertiary alicyclic amines) is 1. The highest BCUT2D eigenvalue weighted by Gasteiger charge is 2.46. The van der Waals surface area contributed by atoms with Gasteiger partial charge in [-0.1, -0.05) is 28.1 Å². The monoisotopic (exact) mass is 472 g/mol. The van der Waals surface area contributed by atoms with Crippen LogP contribution in [-0.4, -0.2) is 60.6 Å². The Kier molecular flexibility index (Phi) is 5.53. The third kappa shape index (κ3) is 3.68. The molecule has 2 aliphatic rings. The lowest BCUT2D eigenvalue weighted by Gasteiger charge is -2.26. The van der Waals surface area contributed by atoms with Crippen LogP contribution >= 0.6 is 15.9 Å². The van der Waals surface area contributed by atoms with Gasteiger partial charge in [0.2, 0.25) is 6.79 Å². The van der Waals surface area contributed by atoms with Gasteiger partial charge in [0.1, 0.15) is 5.76 Å². The molecule has 0 aromatic heterocycles. The van der Waals surface area contributed by atoms with Crippen LogP contribution in [0.25, 0.3) is 5.76 Å². The zero-order chi connectivity index (χ0) is 21.4. The topological polar surface area (TPSA) is 79.3 Å². The molecule has 0 radical (unpaired) electrons. The molecule has 8 heteroatoms. The number of carbonyl (C=O) groups is 2. The summed E-state index contributed by atoms with van der Waals surface area (Å²) >= 11 is 3.45. The highest BCUT2D eigenvalue weighted by molar-refractivity contribution is 9.10. The van der Waals surface area contributed by atoms with E-state index in [1.807, 2.05) is 43.3 Å². The van der Waals surface area contributed by atoms with Crippen molar-refractivity contribution in [1.29, 1.82) is 0 Å². The number of fused-ring (bicyclic) bond motifs is 1. The quantitative estimate of drug-likeness (QED) is 0.409. The number of Topliss-reactive ketones (excluding diaryl/α,β-unsaturated/α-hetero) is 1. The summed E-state index contributed by atoms with van der Waals surface area (Å²) in [7, 11) is 3.80. The fraction of sp³-hybridized carbons (Fsp3) is 0.273. The number of amides is 1. The van der Waals surface area contributed by atoms with Gasteiger partial charge in [-0.25, -0.2) is 0 Å². The van der Waals surface area contributed by atoms with Crippen molar-refractivity contribution in [2.24, 2.45) is 0 Å². The number of halogens is 1. The van der Waals surface area contributed by atoms with Gasteiger partial charge in [-0.2, -0.15) is 0 Å². The first-order valence-electron chi connectivity index (χ1n) is 9.45. The summed E-state index contributed by atoms with van der Waals surface area (Å²) in [6.07, 6.45) is 0. The van der Waals surface area contributed by atoms with Crippen molar-refractivity contribution in [2.45, 2.75) is 6.04 Å². The summed E-state index contributed by atoms with van der Waals surface area (Å²) < 4.78 is 11.5. The largest absolute Gasteiger partial charge is 0.507 e. The SMILES string of the molecule is CN(C)CCN1C(=O)C(=O)/C(=C(\O)c2ccc3c(c2)OCO3)C1c1cccc(Br)c1. The van der Waals surface area contributed by atoms with Crippen molar-refractivity contribution in [1.82, 2.24) is 9.80 Å². The Hall–Kier alpha value is -2.84. The molecule has 4 rings (SSSR count). The smallest absolute Gasteiger partial charge is 0.295 e. The molecule has 1 fully saturated rings. The number of rotatable bonds is 5. The van der Waals surface area contributed by atoms with Crippen molar-refractivity contribution in [3.8, 4) is 11.5 Å². The highest BCUT2D eigenvalue weighted by atomic mass is 79.9. The second kappa shape index (κ2) is 8.12. The second-order valence-corrected chi connectivity index (χ2v) is 8.33. The average Bonchev–Trinajstić information content (AvgIpc) is 3.28. The van der Waals surface area contributed by atoms with Gasteiger partial charge < -0.3 is 24.4 Å². The lowest BCUT2D eigenvalue weighted by Crippen LogP contribution is -2.35. The predicted molar refractivity (Wildman–Crippen MR) is 114 cm³/mol. The molecule has 1 unspecified atom stereocenters. The number of hydrogen-bond acceptors (Lipinski definition) is 6. The first-order valence-corrected chi connectivity index (χ1v) is 10.2. The highest BCUT2D eigenvalue weighted by Crippen LogP contribution is 2.41. The van der Waals surface area contributed by atoms with Crippen LogP contribution in [0.15, 0.2) is 52.5 Å². The maximum atomic E-state index is 13.0. The molecule has 0 bridgehead atoms. The van der Waals surface area contributed by atoms with Gasteiger partial charge >= 0.3 is 0 Å². The fourth-order valence-corrected chi connectivity index (χ4v) is 4.06. The summed E-state index contributed by atoms with van der Waals surface area (Å²) in [4.78, 5) is 29.3. The van der Waals surface area contributed by atoms with Gasteiger partial charge in [0, 0.05) is 23.1 Å². The van der Waals surface area contributed by atoms with Crippen LogP contribution in [0.1, 0.15) is 17.2 Å². The van der Waals surface area contributed by atoms with Crippen LogP contribution in [-0.2, 0) is 9.59 Å². The molecule has 1 saturated heterocycles. The maximum Gasteiger partial charge on any atom is 0.295 e. The Bertz CT molecular complexity index is 1050. The van der Waals surface area contributed by atoms with Crippen LogP contribution in [0.4, 0.5) is 0 Å². The molecule has 30 heavy (non-hydrogen) atoms. The molecule has 2 aromatic carbocycles. The Balaban J connectivity index is 1.83. The van der Waals surface area contributed by atoms with Gasteiger partial charge in [-0.05, 0) is 50.0 Å². The zero-order valence-corrected chi connectivity index (χ0v) is 18.2.